The van der Waals surface area contributed by atoms with Crippen molar-refractivity contribution in [2.45, 2.75) is 33.7 Å². The van der Waals surface area contributed by atoms with Crippen LogP contribution in [-0.2, 0) is 9.59 Å². The molecule has 4 rings (SSSR count). The number of hydrogen-bond acceptors (Lipinski definition) is 7. The number of nitrogens with zero attached hydrogens (tertiary/aromatic N) is 2. The van der Waals surface area contributed by atoms with Crippen LogP contribution in [-0.4, -0.2) is 27.6 Å². The Morgan fingerprint density at radius 3 is 2.55 bits per heavy atom. The molecule has 1 aliphatic rings. The number of thiazole rings is 1. The van der Waals surface area contributed by atoms with Crippen LogP contribution in [0.25, 0.3) is 5.76 Å². The van der Waals surface area contributed by atoms with Crippen molar-refractivity contribution in [3.05, 3.63) is 75.2 Å². The molecule has 2 aromatic heterocycles. The number of anilines is 1. The first-order valence-electron chi connectivity index (χ1n) is 9.61. The maximum absolute atomic E-state index is 13.1. The Morgan fingerprint density at radius 2 is 1.94 bits per heavy atom. The van der Waals surface area contributed by atoms with E-state index in [9.17, 15) is 19.5 Å². The lowest BCUT2D eigenvalue weighted by Gasteiger charge is -2.20. The minimum Gasteiger partial charge on any atom is -0.507 e. The van der Waals surface area contributed by atoms with Crippen molar-refractivity contribution in [2.24, 2.45) is 0 Å². The molecule has 3 aromatic rings. The SMILES string of the molecule is CC(=O)c1sc(N2C(=O)C(=O)C(=C(O)c3cc(C)ccc3C)C2c2ccco2)nc1C. The fraction of sp³-hybridized carbons (Fsp3) is 0.217. The van der Waals surface area contributed by atoms with Gasteiger partial charge in [-0.05, 0) is 44.5 Å². The van der Waals surface area contributed by atoms with E-state index in [2.05, 4.69) is 4.98 Å². The van der Waals surface area contributed by atoms with Crippen LogP contribution in [0.4, 0.5) is 5.13 Å². The fourth-order valence-corrected chi connectivity index (χ4v) is 4.68. The average Bonchev–Trinajstić information content (AvgIpc) is 3.43. The number of rotatable bonds is 4. The molecular formula is C23H20N2O5S. The third kappa shape index (κ3) is 3.38. The van der Waals surface area contributed by atoms with Gasteiger partial charge in [0.2, 0.25) is 0 Å². The number of aromatic nitrogens is 1. The lowest BCUT2D eigenvalue weighted by molar-refractivity contribution is -0.132. The van der Waals surface area contributed by atoms with Gasteiger partial charge in [0.05, 0.1) is 22.4 Å². The van der Waals surface area contributed by atoms with Crippen molar-refractivity contribution in [3.8, 4) is 0 Å². The van der Waals surface area contributed by atoms with E-state index in [0.29, 0.717) is 21.9 Å². The Balaban J connectivity index is 1.95. The van der Waals surface area contributed by atoms with Crippen LogP contribution in [0.1, 0.15) is 50.8 Å². The number of furan rings is 1. The summed E-state index contributed by atoms with van der Waals surface area (Å²) in [6.07, 6.45) is 1.43. The smallest absolute Gasteiger partial charge is 0.302 e. The quantitative estimate of drug-likeness (QED) is 0.280. The monoisotopic (exact) mass is 436 g/mol. The Hall–Kier alpha value is -3.52. The van der Waals surface area contributed by atoms with E-state index in [1.54, 1.807) is 25.1 Å². The number of benzene rings is 1. The van der Waals surface area contributed by atoms with Gasteiger partial charge in [-0.3, -0.25) is 19.3 Å². The fourth-order valence-electron chi connectivity index (χ4n) is 3.69. The van der Waals surface area contributed by atoms with Gasteiger partial charge in [-0.2, -0.15) is 0 Å². The maximum Gasteiger partial charge on any atom is 0.302 e. The second-order valence-electron chi connectivity index (χ2n) is 7.47. The van der Waals surface area contributed by atoms with Gasteiger partial charge in [0, 0.05) is 12.5 Å². The topological polar surface area (TPSA) is 101 Å². The molecule has 1 fully saturated rings. The number of aliphatic hydroxyl groups is 1. The van der Waals surface area contributed by atoms with Crippen LogP contribution in [0.15, 0.2) is 46.6 Å². The summed E-state index contributed by atoms with van der Waals surface area (Å²) in [7, 11) is 0. The Kier molecular flexibility index (Phi) is 5.10. The highest BCUT2D eigenvalue weighted by Crippen LogP contribution is 2.44. The molecule has 0 bridgehead atoms. The summed E-state index contributed by atoms with van der Waals surface area (Å²) in [5, 5.41) is 11.4. The summed E-state index contributed by atoms with van der Waals surface area (Å²) in [5.41, 5.74) is 2.52. The molecule has 1 saturated heterocycles. The van der Waals surface area contributed by atoms with Gasteiger partial charge in [0.15, 0.2) is 10.9 Å². The molecule has 1 unspecified atom stereocenters. The van der Waals surface area contributed by atoms with Gasteiger partial charge in [-0.1, -0.05) is 29.0 Å². The molecule has 0 saturated carbocycles. The highest BCUT2D eigenvalue weighted by molar-refractivity contribution is 7.18. The van der Waals surface area contributed by atoms with Crippen LogP contribution in [0, 0.1) is 20.8 Å². The molecule has 0 radical (unpaired) electrons. The van der Waals surface area contributed by atoms with Crippen LogP contribution >= 0.6 is 11.3 Å². The van der Waals surface area contributed by atoms with Crippen molar-refractivity contribution in [1.82, 2.24) is 4.98 Å². The van der Waals surface area contributed by atoms with Crippen molar-refractivity contribution < 1.29 is 23.9 Å². The first kappa shape index (κ1) is 20.7. The zero-order chi connectivity index (χ0) is 22.4. The molecule has 158 valence electrons. The van der Waals surface area contributed by atoms with Gasteiger partial charge < -0.3 is 9.52 Å². The van der Waals surface area contributed by atoms with Gasteiger partial charge in [0.25, 0.3) is 5.78 Å². The average molecular weight is 436 g/mol. The van der Waals surface area contributed by atoms with Crippen molar-refractivity contribution in [1.29, 1.82) is 0 Å². The Bertz CT molecular complexity index is 1250. The first-order valence-corrected chi connectivity index (χ1v) is 10.4. The van der Waals surface area contributed by atoms with Crippen LogP contribution < -0.4 is 4.90 Å². The summed E-state index contributed by atoms with van der Waals surface area (Å²) >= 11 is 1.03. The molecule has 1 aliphatic heterocycles. The Morgan fingerprint density at radius 1 is 1.19 bits per heavy atom. The minimum atomic E-state index is -1.000. The van der Waals surface area contributed by atoms with Gasteiger partial charge >= 0.3 is 5.91 Å². The van der Waals surface area contributed by atoms with E-state index < -0.39 is 17.7 Å². The lowest BCUT2D eigenvalue weighted by atomic mass is 9.96. The zero-order valence-corrected chi connectivity index (χ0v) is 18.2. The predicted octanol–water partition coefficient (Wildman–Crippen LogP) is 4.49. The summed E-state index contributed by atoms with van der Waals surface area (Å²) in [6, 6.07) is 7.77. The van der Waals surface area contributed by atoms with Crippen molar-refractivity contribution in [2.75, 3.05) is 4.90 Å². The number of carbonyl (C=O) groups is 3. The van der Waals surface area contributed by atoms with Gasteiger partial charge in [-0.25, -0.2) is 4.98 Å². The summed E-state index contributed by atoms with van der Waals surface area (Å²) < 4.78 is 5.54. The molecule has 1 amide bonds. The third-order valence-electron chi connectivity index (χ3n) is 5.22. The van der Waals surface area contributed by atoms with Gasteiger partial charge in [0.1, 0.15) is 17.6 Å². The number of ketones is 2. The van der Waals surface area contributed by atoms with Crippen LogP contribution in [0.2, 0.25) is 0 Å². The molecular weight excluding hydrogens is 416 g/mol. The van der Waals surface area contributed by atoms with Crippen molar-refractivity contribution in [3.63, 3.8) is 0 Å². The summed E-state index contributed by atoms with van der Waals surface area (Å²) in [5.74, 6) is -1.82. The maximum atomic E-state index is 13.1. The van der Waals surface area contributed by atoms with Crippen LogP contribution in [0.3, 0.4) is 0 Å². The van der Waals surface area contributed by atoms with E-state index in [0.717, 1.165) is 22.5 Å². The highest BCUT2D eigenvalue weighted by Gasteiger charge is 2.49. The van der Waals surface area contributed by atoms with E-state index in [1.165, 1.54) is 18.1 Å². The number of hydrogen-bond donors (Lipinski definition) is 1. The summed E-state index contributed by atoms with van der Waals surface area (Å²) in [6.45, 7) is 6.78. The minimum absolute atomic E-state index is 0.0779. The molecule has 1 atom stereocenters. The van der Waals surface area contributed by atoms with E-state index in [4.69, 9.17) is 4.42 Å². The van der Waals surface area contributed by atoms with Gasteiger partial charge in [-0.15, -0.1) is 0 Å². The van der Waals surface area contributed by atoms with E-state index in [1.807, 2.05) is 26.0 Å². The number of amides is 1. The number of aryl methyl sites for hydroxylation is 3. The molecule has 7 nitrogen and oxygen atoms in total. The molecule has 8 heteroatoms. The highest BCUT2D eigenvalue weighted by atomic mass is 32.1. The molecule has 0 spiro atoms. The molecule has 1 aromatic carbocycles. The molecule has 1 N–H and O–H groups in total. The number of carbonyl (C=O) groups excluding carboxylic acids is 3. The molecule has 31 heavy (non-hydrogen) atoms. The largest absolute Gasteiger partial charge is 0.507 e. The predicted molar refractivity (Wildman–Crippen MR) is 116 cm³/mol. The number of aliphatic hydroxyl groups excluding tert-OH is 1. The number of Topliss-reactive ketones (excluding diaryl/α,β-unsaturated/α-hetero) is 2. The lowest BCUT2D eigenvalue weighted by Crippen LogP contribution is -2.29. The van der Waals surface area contributed by atoms with E-state index >= 15 is 0 Å². The van der Waals surface area contributed by atoms with Crippen LogP contribution in [0.5, 0.6) is 0 Å². The normalized spacial score (nSPS) is 18.1. The Labute approximate surface area is 182 Å². The third-order valence-corrected chi connectivity index (χ3v) is 6.47. The summed E-state index contributed by atoms with van der Waals surface area (Å²) in [4.78, 5) is 44.0. The zero-order valence-electron chi connectivity index (χ0n) is 17.4. The van der Waals surface area contributed by atoms with E-state index in [-0.39, 0.29) is 22.2 Å². The molecule has 0 aliphatic carbocycles. The second kappa shape index (κ2) is 7.63. The molecule has 3 heterocycles. The van der Waals surface area contributed by atoms with Crippen molar-refractivity contribution >= 4 is 39.7 Å². The second-order valence-corrected chi connectivity index (χ2v) is 8.45. The standard InChI is InChI=1S/C23H20N2O5S/c1-11-7-8-12(2)15(10-11)19(27)17-18(16-6-5-9-30-16)25(22(29)20(17)28)23-24-13(3)21(31-23)14(4)26/h5-10,18,27H,1-4H3. The first-order chi connectivity index (χ1) is 14.7.